The van der Waals surface area contributed by atoms with Gasteiger partial charge in [-0.1, -0.05) is 45.0 Å². The Hall–Kier alpha value is -3.37. The Morgan fingerprint density at radius 2 is 1.79 bits per heavy atom. The van der Waals surface area contributed by atoms with E-state index in [-0.39, 0.29) is 30.0 Å². The van der Waals surface area contributed by atoms with Gasteiger partial charge in [-0.25, -0.2) is 9.97 Å². The standard InChI is InChI=1S/C28H38N6O4/c1-28(2,3)25(36)27(38)34-12-9-21(10-13-34)32-24-14-23(30-18-31-24)26(37)29-15-22(35)17-33-11-8-19-6-4-5-7-20(19)16-33/h4-7,14,18,21-22,35H,8-13,15-17H2,1-3H3,(H,29,37)(H,30,31,32)/t22-/m0/s1. The number of aliphatic hydroxyl groups is 1. The summed E-state index contributed by atoms with van der Waals surface area (Å²) in [5.41, 5.74) is 2.16. The first-order chi connectivity index (χ1) is 18.1. The molecule has 3 N–H and O–H groups in total. The number of Topliss-reactive ketones (excluding diaryl/α,β-unsaturated/α-hetero) is 1. The third-order valence-electron chi connectivity index (χ3n) is 7.09. The maximum absolute atomic E-state index is 12.7. The first-order valence-electron chi connectivity index (χ1n) is 13.3. The predicted molar refractivity (Wildman–Crippen MR) is 143 cm³/mol. The fourth-order valence-corrected chi connectivity index (χ4v) is 4.83. The summed E-state index contributed by atoms with van der Waals surface area (Å²) >= 11 is 0. The third kappa shape index (κ3) is 7.14. The van der Waals surface area contributed by atoms with Crippen LogP contribution in [0.4, 0.5) is 5.82 Å². The Morgan fingerprint density at radius 1 is 1.08 bits per heavy atom. The maximum Gasteiger partial charge on any atom is 0.290 e. The summed E-state index contributed by atoms with van der Waals surface area (Å²) in [6.45, 7) is 8.49. The summed E-state index contributed by atoms with van der Waals surface area (Å²) in [5.74, 6) is -0.654. The van der Waals surface area contributed by atoms with Crippen molar-refractivity contribution >= 4 is 23.4 Å². The van der Waals surface area contributed by atoms with Crippen molar-refractivity contribution in [2.24, 2.45) is 5.41 Å². The van der Waals surface area contributed by atoms with E-state index in [1.165, 1.54) is 17.5 Å². The van der Waals surface area contributed by atoms with Crippen LogP contribution in [-0.4, -0.2) is 87.3 Å². The monoisotopic (exact) mass is 522 g/mol. The summed E-state index contributed by atoms with van der Waals surface area (Å²) in [6.07, 6.45) is 2.93. The molecule has 1 aromatic carbocycles. The number of amides is 2. The number of carbonyl (C=O) groups excluding carboxylic acids is 3. The van der Waals surface area contributed by atoms with Crippen LogP contribution in [0.25, 0.3) is 0 Å². The highest BCUT2D eigenvalue weighted by Gasteiger charge is 2.33. The van der Waals surface area contributed by atoms with E-state index in [4.69, 9.17) is 0 Å². The summed E-state index contributed by atoms with van der Waals surface area (Å²) in [7, 11) is 0. The van der Waals surface area contributed by atoms with Gasteiger partial charge >= 0.3 is 0 Å². The second-order valence-electron chi connectivity index (χ2n) is 11.2. The quantitative estimate of drug-likeness (QED) is 0.447. The van der Waals surface area contributed by atoms with E-state index in [0.717, 1.165) is 19.5 Å². The lowest BCUT2D eigenvalue weighted by Gasteiger charge is -2.33. The average Bonchev–Trinajstić information content (AvgIpc) is 2.91. The maximum atomic E-state index is 12.7. The van der Waals surface area contributed by atoms with Crippen molar-refractivity contribution < 1.29 is 19.5 Å². The highest BCUT2D eigenvalue weighted by molar-refractivity contribution is 6.37. The van der Waals surface area contributed by atoms with Crippen molar-refractivity contribution in [3.8, 4) is 0 Å². The molecule has 2 aliphatic rings. The number of carbonyl (C=O) groups is 3. The number of fused-ring (bicyclic) bond motifs is 1. The van der Waals surface area contributed by atoms with Crippen molar-refractivity contribution in [3.63, 3.8) is 0 Å². The van der Waals surface area contributed by atoms with E-state index in [1.54, 1.807) is 31.7 Å². The molecule has 0 radical (unpaired) electrons. The molecule has 1 saturated heterocycles. The van der Waals surface area contributed by atoms with Gasteiger partial charge in [0.2, 0.25) is 5.78 Å². The lowest BCUT2D eigenvalue weighted by molar-refractivity contribution is -0.149. The van der Waals surface area contributed by atoms with Crippen LogP contribution in [0, 0.1) is 5.41 Å². The second-order valence-corrected chi connectivity index (χ2v) is 11.2. The molecule has 10 nitrogen and oxygen atoms in total. The SMILES string of the molecule is CC(C)(C)C(=O)C(=O)N1CCC(Nc2cc(C(=O)NC[C@H](O)CN3CCc4ccccc4C3)ncn2)CC1. The number of hydrogen-bond donors (Lipinski definition) is 3. The molecule has 38 heavy (non-hydrogen) atoms. The largest absolute Gasteiger partial charge is 0.390 e. The molecule has 1 atom stereocenters. The molecule has 2 aliphatic heterocycles. The third-order valence-corrected chi connectivity index (χ3v) is 7.09. The number of piperidine rings is 1. The van der Waals surface area contributed by atoms with Gasteiger partial charge in [-0.2, -0.15) is 0 Å². The highest BCUT2D eigenvalue weighted by atomic mass is 16.3. The predicted octanol–water partition coefficient (Wildman–Crippen LogP) is 1.64. The van der Waals surface area contributed by atoms with Crippen molar-refractivity contribution in [3.05, 3.63) is 53.5 Å². The molecule has 2 aromatic rings. The van der Waals surface area contributed by atoms with Crippen molar-refractivity contribution in [1.29, 1.82) is 0 Å². The zero-order valence-electron chi connectivity index (χ0n) is 22.4. The number of benzene rings is 1. The molecule has 204 valence electrons. The Morgan fingerprint density at radius 3 is 2.50 bits per heavy atom. The zero-order valence-corrected chi connectivity index (χ0v) is 22.4. The molecule has 0 spiro atoms. The van der Waals surface area contributed by atoms with Crippen LogP contribution in [0.1, 0.15) is 55.2 Å². The van der Waals surface area contributed by atoms with Gasteiger partial charge in [0.25, 0.3) is 11.8 Å². The summed E-state index contributed by atoms with van der Waals surface area (Å²) in [6, 6.07) is 10.00. The lowest BCUT2D eigenvalue weighted by atomic mass is 9.89. The number of aliphatic hydroxyl groups excluding tert-OH is 1. The minimum absolute atomic E-state index is 0.0612. The van der Waals surface area contributed by atoms with Gasteiger partial charge in [-0.15, -0.1) is 0 Å². The number of rotatable bonds is 8. The molecule has 0 aliphatic carbocycles. The number of likely N-dealkylation sites (tertiary alicyclic amines) is 1. The Kier molecular flexibility index (Phi) is 8.73. The normalized spacial score (nSPS) is 17.4. The number of anilines is 1. The van der Waals surface area contributed by atoms with E-state index in [1.807, 2.05) is 6.07 Å². The fraction of sp³-hybridized carbons (Fsp3) is 0.536. The van der Waals surface area contributed by atoms with Gasteiger partial charge in [0.05, 0.1) is 6.10 Å². The average molecular weight is 523 g/mol. The van der Waals surface area contributed by atoms with Crippen LogP contribution >= 0.6 is 0 Å². The van der Waals surface area contributed by atoms with Gasteiger partial charge in [-0.3, -0.25) is 19.3 Å². The molecular weight excluding hydrogens is 484 g/mol. The first kappa shape index (κ1) is 27.7. The van der Waals surface area contributed by atoms with E-state index < -0.39 is 17.4 Å². The van der Waals surface area contributed by atoms with Gasteiger partial charge in [-0.05, 0) is 30.4 Å². The van der Waals surface area contributed by atoms with E-state index in [2.05, 4.69) is 43.7 Å². The van der Waals surface area contributed by atoms with Crippen LogP contribution in [-0.2, 0) is 22.6 Å². The van der Waals surface area contributed by atoms with Gasteiger partial charge < -0.3 is 20.6 Å². The fourth-order valence-electron chi connectivity index (χ4n) is 4.83. The molecule has 1 aromatic heterocycles. The minimum atomic E-state index is -0.695. The number of hydrogen-bond acceptors (Lipinski definition) is 8. The molecule has 0 bridgehead atoms. The lowest BCUT2D eigenvalue weighted by Crippen LogP contribution is -2.47. The topological polar surface area (TPSA) is 128 Å². The van der Waals surface area contributed by atoms with E-state index in [9.17, 15) is 19.5 Å². The number of aromatic nitrogens is 2. The van der Waals surface area contributed by atoms with Crippen LogP contribution < -0.4 is 10.6 Å². The number of nitrogens with zero attached hydrogens (tertiary/aromatic N) is 4. The molecule has 2 amide bonds. The summed E-state index contributed by atoms with van der Waals surface area (Å²) in [4.78, 5) is 49.6. The van der Waals surface area contributed by atoms with Crippen LogP contribution in [0.2, 0.25) is 0 Å². The van der Waals surface area contributed by atoms with E-state index in [0.29, 0.717) is 38.3 Å². The highest BCUT2D eigenvalue weighted by Crippen LogP contribution is 2.21. The van der Waals surface area contributed by atoms with Crippen molar-refractivity contribution in [1.82, 2.24) is 25.1 Å². The first-order valence-corrected chi connectivity index (χ1v) is 13.3. The van der Waals surface area contributed by atoms with Crippen LogP contribution in [0.5, 0.6) is 0 Å². The molecule has 10 heteroatoms. The van der Waals surface area contributed by atoms with Gasteiger partial charge in [0, 0.05) is 56.8 Å². The van der Waals surface area contributed by atoms with Crippen LogP contribution in [0.15, 0.2) is 36.7 Å². The summed E-state index contributed by atoms with van der Waals surface area (Å²) < 4.78 is 0. The zero-order chi connectivity index (χ0) is 27.3. The number of nitrogens with one attached hydrogen (secondary N) is 2. The minimum Gasteiger partial charge on any atom is -0.390 e. The molecule has 4 rings (SSSR count). The molecule has 1 fully saturated rings. The Bertz CT molecular complexity index is 1160. The number of ketones is 1. The van der Waals surface area contributed by atoms with E-state index >= 15 is 0 Å². The second kappa shape index (κ2) is 12.0. The molecular formula is C28H38N6O4. The van der Waals surface area contributed by atoms with Crippen LogP contribution in [0.3, 0.4) is 0 Å². The Labute approximate surface area is 223 Å². The Balaban J connectivity index is 1.22. The van der Waals surface area contributed by atoms with Gasteiger partial charge in [0.1, 0.15) is 17.8 Å². The molecule has 0 unspecified atom stereocenters. The van der Waals surface area contributed by atoms with Gasteiger partial charge in [0.15, 0.2) is 0 Å². The van der Waals surface area contributed by atoms with Crippen molar-refractivity contribution in [2.45, 2.75) is 58.7 Å². The van der Waals surface area contributed by atoms with Crippen molar-refractivity contribution in [2.75, 3.05) is 38.0 Å². The molecule has 0 saturated carbocycles. The number of β-amino-alcohol motifs (C(OH)–C–C–N with tert-alkyl or cyclic N) is 1. The summed E-state index contributed by atoms with van der Waals surface area (Å²) in [5, 5.41) is 16.6. The molecule has 3 heterocycles. The smallest absolute Gasteiger partial charge is 0.290 e.